The van der Waals surface area contributed by atoms with E-state index in [1.54, 1.807) is 6.20 Å². The van der Waals surface area contributed by atoms with Crippen molar-refractivity contribution in [2.24, 2.45) is 0 Å². The van der Waals surface area contributed by atoms with Crippen molar-refractivity contribution in [2.75, 3.05) is 23.3 Å². The van der Waals surface area contributed by atoms with E-state index in [9.17, 15) is 5.11 Å². The van der Waals surface area contributed by atoms with Gasteiger partial charge in [0.25, 0.3) is 0 Å². The Bertz CT molecular complexity index is 816. The van der Waals surface area contributed by atoms with Gasteiger partial charge in [-0.15, -0.1) is 0 Å². The van der Waals surface area contributed by atoms with Crippen molar-refractivity contribution < 1.29 is 5.11 Å². The molecule has 120 valence electrons. The highest BCUT2D eigenvalue weighted by Gasteiger charge is 2.20. The molecule has 0 aromatic carbocycles. The number of nitrogens with one attached hydrogen (secondary N) is 2. The number of hydrogen-bond acceptors (Lipinski definition) is 6. The first-order chi connectivity index (χ1) is 11.2. The molecule has 1 fully saturated rings. The summed E-state index contributed by atoms with van der Waals surface area (Å²) in [4.78, 5) is 11.3. The number of hydrogen-bond donors (Lipinski definition) is 3. The van der Waals surface area contributed by atoms with Crippen molar-refractivity contribution in [1.82, 2.24) is 24.6 Å². The van der Waals surface area contributed by atoms with E-state index in [1.807, 2.05) is 29.7 Å². The number of rotatable bonds is 3. The summed E-state index contributed by atoms with van der Waals surface area (Å²) < 4.78 is 1.90. The number of anilines is 3. The minimum absolute atomic E-state index is 0.203. The molecule has 8 heteroatoms. The molecule has 3 aromatic heterocycles. The lowest BCUT2D eigenvalue weighted by molar-refractivity contribution is 0.145. The lowest BCUT2D eigenvalue weighted by Crippen LogP contribution is -2.36. The molecule has 0 atom stereocenters. The van der Waals surface area contributed by atoms with Crippen LogP contribution >= 0.6 is 0 Å². The summed E-state index contributed by atoms with van der Waals surface area (Å²) in [7, 11) is 0. The molecule has 8 nitrogen and oxygen atoms in total. The number of H-pyrrole nitrogens is 1. The van der Waals surface area contributed by atoms with Crippen LogP contribution < -0.4 is 10.2 Å². The standard InChI is InChI=1S/C15H19N7O/c1-10-8-12(20-19-10)17-15-18-14(9-13-16-4-7-22(13)15)21-5-2-11(23)3-6-21/h4,7-9,11,23H,2-3,5-6H2,1H3,(H2,17,18,19,20). The van der Waals surface area contributed by atoms with Crippen molar-refractivity contribution in [1.29, 1.82) is 0 Å². The summed E-state index contributed by atoms with van der Waals surface area (Å²) in [6, 6.07) is 3.90. The maximum absolute atomic E-state index is 9.68. The van der Waals surface area contributed by atoms with Crippen LogP contribution in [0.25, 0.3) is 5.65 Å². The molecule has 1 saturated heterocycles. The maximum Gasteiger partial charge on any atom is 0.216 e. The number of aromatic nitrogens is 5. The fourth-order valence-electron chi connectivity index (χ4n) is 2.85. The predicted molar refractivity (Wildman–Crippen MR) is 87.0 cm³/mol. The van der Waals surface area contributed by atoms with Crippen LogP contribution in [0.15, 0.2) is 24.5 Å². The van der Waals surface area contributed by atoms with Crippen LogP contribution in [0.5, 0.6) is 0 Å². The highest BCUT2D eigenvalue weighted by Crippen LogP contribution is 2.23. The first-order valence-corrected chi connectivity index (χ1v) is 7.75. The Morgan fingerprint density at radius 1 is 1.30 bits per heavy atom. The van der Waals surface area contributed by atoms with Gasteiger partial charge in [0.2, 0.25) is 5.95 Å². The summed E-state index contributed by atoms with van der Waals surface area (Å²) in [6.07, 6.45) is 4.95. The van der Waals surface area contributed by atoms with E-state index < -0.39 is 0 Å². The summed E-state index contributed by atoms with van der Waals surface area (Å²) in [5.74, 6) is 2.26. The summed E-state index contributed by atoms with van der Waals surface area (Å²) in [5.41, 5.74) is 1.81. The smallest absolute Gasteiger partial charge is 0.216 e. The molecule has 23 heavy (non-hydrogen) atoms. The topological polar surface area (TPSA) is 94.4 Å². The lowest BCUT2D eigenvalue weighted by atomic mass is 10.1. The van der Waals surface area contributed by atoms with Crippen LogP contribution in [0.1, 0.15) is 18.5 Å². The molecule has 0 unspecified atom stereocenters. The Labute approximate surface area is 133 Å². The fraction of sp³-hybridized carbons (Fsp3) is 0.400. The van der Waals surface area contributed by atoms with Crippen LogP contribution in [0.4, 0.5) is 17.6 Å². The van der Waals surface area contributed by atoms with Gasteiger partial charge in [-0.1, -0.05) is 0 Å². The highest BCUT2D eigenvalue weighted by atomic mass is 16.3. The first-order valence-electron chi connectivity index (χ1n) is 7.75. The Balaban J connectivity index is 1.69. The van der Waals surface area contributed by atoms with E-state index in [4.69, 9.17) is 4.98 Å². The van der Waals surface area contributed by atoms with Gasteiger partial charge in [-0.2, -0.15) is 10.1 Å². The van der Waals surface area contributed by atoms with Gasteiger partial charge in [0.05, 0.1) is 6.10 Å². The quantitative estimate of drug-likeness (QED) is 0.678. The minimum Gasteiger partial charge on any atom is -0.393 e. The van der Waals surface area contributed by atoms with Gasteiger partial charge in [-0.05, 0) is 19.8 Å². The molecular formula is C15H19N7O. The van der Waals surface area contributed by atoms with Crippen molar-refractivity contribution in [2.45, 2.75) is 25.9 Å². The Morgan fingerprint density at radius 2 is 2.13 bits per heavy atom. The number of piperidine rings is 1. The lowest BCUT2D eigenvalue weighted by Gasteiger charge is -2.30. The van der Waals surface area contributed by atoms with E-state index in [0.717, 1.165) is 48.9 Å². The second kappa shape index (κ2) is 5.54. The molecule has 3 aromatic rings. The van der Waals surface area contributed by atoms with Crippen molar-refractivity contribution in [3.63, 3.8) is 0 Å². The van der Waals surface area contributed by atoms with Crippen molar-refractivity contribution in [3.05, 3.63) is 30.2 Å². The Morgan fingerprint density at radius 3 is 2.87 bits per heavy atom. The highest BCUT2D eigenvalue weighted by molar-refractivity contribution is 5.60. The zero-order chi connectivity index (χ0) is 15.8. The number of fused-ring (bicyclic) bond motifs is 1. The number of aryl methyl sites for hydroxylation is 1. The molecule has 1 aliphatic rings. The third-order valence-electron chi connectivity index (χ3n) is 4.11. The number of nitrogens with zero attached hydrogens (tertiary/aromatic N) is 5. The summed E-state index contributed by atoms with van der Waals surface area (Å²) in [5, 5.41) is 20.0. The van der Waals surface area contributed by atoms with E-state index >= 15 is 0 Å². The molecule has 0 radical (unpaired) electrons. The van der Waals surface area contributed by atoms with Gasteiger partial charge in [-0.25, -0.2) is 4.98 Å². The average molecular weight is 313 g/mol. The normalized spacial score (nSPS) is 16.2. The third kappa shape index (κ3) is 2.72. The second-order valence-corrected chi connectivity index (χ2v) is 5.87. The molecule has 0 bridgehead atoms. The zero-order valence-electron chi connectivity index (χ0n) is 12.9. The van der Waals surface area contributed by atoms with Crippen LogP contribution in [-0.4, -0.2) is 48.9 Å². The van der Waals surface area contributed by atoms with Crippen LogP contribution in [0, 0.1) is 6.92 Å². The second-order valence-electron chi connectivity index (χ2n) is 5.87. The minimum atomic E-state index is -0.203. The maximum atomic E-state index is 9.68. The fourth-order valence-corrected chi connectivity index (χ4v) is 2.85. The summed E-state index contributed by atoms with van der Waals surface area (Å²) in [6.45, 7) is 3.55. The molecule has 0 aliphatic carbocycles. The van der Waals surface area contributed by atoms with Crippen molar-refractivity contribution in [3.8, 4) is 0 Å². The molecule has 0 saturated carbocycles. The van der Waals surface area contributed by atoms with Crippen LogP contribution in [-0.2, 0) is 0 Å². The number of aliphatic hydroxyl groups excluding tert-OH is 1. The monoisotopic (exact) mass is 313 g/mol. The number of aliphatic hydroxyl groups is 1. The van der Waals surface area contributed by atoms with E-state index in [2.05, 4.69) is 25.4 Å². The first kappa shape index (κ1) is 14.0. The van der Waals surface area contributed by atoms with Gasteiger partial charge in [-0.3, -0.25) is 9.50 Å². The molecule has 4 rings (SSSR count). The van der Waals surface area contributed by atoms with Gasteiger partial charge < -0.3 is 15.3 Å². The largest absolute Gasteiger partial charge is 0.393 e. The van der Waals surface area contributed by atoms with Gasteiger partial charge in [0.1, 0.15) is 11.5 Å². The zero-order valence-corrected chi connectivity index (χ0v) is 12.9. The Hall–Kier alpha value is -2.61. The van der Waals surface area contributed by atoms with Crippen LogP contribution in [0.2, 0.25) is 0 Å². The molecule has 3 N–H and O–H groups in total. The Kier molecular flexibility index (Phi) is 3.38. The number of aromatic amines is 1. The third-order valence-corrected chi connectivity index (χ3v) is 4.11. The van der Waals surface area contributed by atoms with E-state index in [-0.39, 0.29) is 6.10 Å². The molecule has 0 spiro atoms. The molecule has 0 amide bonds. The average Bonchev–Trinajstić information content (AvgIpc) is 3.17. The van der Waals surface area contributed by atoms with Gasteiger partial charge in [0.15, 0.2) is 5.82 Å². The SMILES string of the molecule is Cc1cc(Nc2nc(N3CCC(O)CC3)cc3nccn23)n[nH]1. The van der Waals surface area contributed by atoms with E-state index in [1.165, 1.54) is 0 Å². The van der Waals surface area contributed by atoms with Crippen molar-refractivity contribution >= 4 is 23.2 Å². The van der Waals surface area contributed by atoms with Gasteiger partial charge in [0, 0.05) is 43.3 Å². The molecular weight excluding hydrogens is 294 g/mol. The summed E-state index contributed by atoms with van der Waals surface area (Å²) >= 11 is 0. The van der Waals surface area contributed by atoms with E-state index in [0.29, 0.717) is 5.95 Å². The molecule has 4 heterocycles. The van der Waals surface area contributed by atoms with Gasteiger partial charge >= 0.3 is 0 Å². The number of imidazole rings is 1. The predicted octanol–water partition coefficient (Wildman–Crippen LogP) is 1.47. The molecule has 1 aliphatic heterocycles. The van der Waals surface area contributed by atoms with Crippen LogP contribution in [0.3, 0.4) is 0 Å².